The zero-order chi connectivity index (χ0) is 19.7. The van der Waals surface area contributed by atoms with Crippen molar-refractivity contribution in [3.8, 4) is 0 Å². The van der Waals surface area contributed by atoms with E-state index in [4.69, 9.17) is 4.74 Å². The Morgan fingerprint density at radius 2 is 1.96 bits per heavy atom. The summed E-state index contributed by atoms with van der Waals surface area (Å²) in [5, 5.41) is 13.5. The maximum Gasteiger partial charge on any atom is 0.340 e. The lowest BCUT2D eigenvalue weighted by Gasteiger charge is -2.09. The number of amides is 1. The van der Waals surface area contributed by atoms with Gasteiger partial charge < -0.3 is 14.6 Å². The summed E-state index contributed by atoms with van der Waals surface area (Å²) in [7, 11) is 0. The largest absolute Gasteiger partial charge is 0.452 e. The summed E-state index contributed by atoms with van der Waals surface area (Å²) in [6.07, 6.45) is 2.21. The van der Waals surface area contributed by atoms with Gasteiger partial charge in [0.1, 0.15) is 0 Å². The van der Waals surface area contributed by atoms with Crippen LogP contribution in [0.1, 0.15) is 46.2 Å². The number of nitrogens with zero attached hydrogens (tertiary/aromatic N) is 2. The van der Waals surface area contributed by atoms with Gasteiger partial charge in [-0.1, -0.05) is 6.07 Å². The molecule has 1 aliphatic rings. The van der Waals surface area contributed by atoms with Crippen molar-refractivity contribution in [1.82, 2.24) is 4.57 Å². The smallest absolute Gasteiger partial charge is 0.340 e. The summed E-state index contributed by atoms with van der Waals surface area (Å²) in [6, 6.07) is 6.61. The molecule has 1 aliphatic carbocycles. The number of carbonyl (C=O) groups excluding carboxylic acids is 2. The lowest BCUT2D eigenvalue weighted by molar-refractivity contribution is -0.385. The number of carbonyl (C=O) groups is 2. The van der Waals surface area contributed by atoms with Gasteiger partial charge in [0.25, 0.3) is 11.6 Å². The van der Waals surface area contributed by atoms with E-state index >= 15 is 0 Å². The highest BCUT2D eigenvalue weighted by Crippen LogP contribution is 2.38. The second kappa shape index (κ2) is 7.22. The van der Waals surface area contributed by atoms with Crippen LogP contribution in [0.2, 0.25) is 0 Å². The molecule has 3 rings (SSSR count). The van der Waals surface area contributed by atoms with Crippen molar-refractivity contribution in [2.45, 2.75) is 39.7 Å². The van der Waals surface area contributed by atoms with Gasteiger partial charge in [0.2, 0.25) is 0 Å². The number of hydrogen-bond acceptors (Lipinski definition) is 5. The van der Waals surface area contributed by atoms with Gasteiger partial charge in [0.05, 0.1) is 10.5 Å². The molecule has 1 aromatic carbocycles. The Labute approximate surface area is 156 Å². The SMILES string of the molecule is Cc1ccc(NC(=O)COC(=O)c2cc(C)n(C3CC3)c2C)cc1[N+](=O)[O-]. The molecule has 142 valence electrons. The average Bonchev–Trinajstić information content (AvgIpc) is 3.39. The highest BCUT2D eigenvalue weighted by atomic mass is 16.6. The van der Waals surface area contributed by atoms with Crippen molar-refractivity contribution in [3.63, 3.8) is 0 Å². The van der Waals surface area contributed by atoms with Crippen molar-refractivity contribution >= 4 is 23.3 Å². The summed E-state index contributed by atoms with van der Waals surface area (Å²) in [5.41, 5.74) is 2.99. The van der Waals surface area contributed by atoms with Crippen LogP contribution in [0.25, 0.3) is 0 Å². The molecule has 0 bridgehead atoms. The second-order valence-electron chi connectivity index (χ2n) is 6.77. The molecule has 0 saturated heterocycles. The van der Waals surface area contributed by atoms with Crippen LogP contribution in [-0.2, 0) is 9.53 Å². The van der Waals surface area contributed by atoms with E-state index in [2.05, 4.69) is 9.88 Å². The van der Waals surface area contributed by atoms with Gasteiger partial charge in [-0.25, -0.2) is 4.79 Å². The molecule has 1 N–H and O–H groups in total. The predicted octanol–water partition coefficient (Wildman–Crippen LogP) is 3.45. The minimum absolute atomic E-state index is 0.0858. The molecule has 0 spiro atoms. The highest BCUT2D eigenvalue weighted by molar-refractivity contribution is 5.96. The Bertz CT molecular complexity index is 928. The Morgan fingerprint density at radius 1 is 1.26 bits per heavy atom. The van der Waals surface area contributed by atoms with Crippen LogP contribution in [0.3, 0.4) is 0 Å². The lowest BCUT2D eigenvalue weighted by atomic mass is 10.2. The van der Waals surface area contributed by atoms with Gasteiger partial charge in [-0.2, -0.15) is 0 Å². The van der Waals surface area contributed by atoms with E-state index < -0.39 is 23.4 Å². The lowest BCUT2D eigenvalue weighted by Crippen LogP contribution is -2.21. The molecule has 1 aromatic heterocycles. The third-order valence-corrected chi connectivity index (χ3v) is 4.64. The number of nitrogens with one attached hydrogen (secondary N) is 1. The van der Waals surface area contributed by atoms with E-state index in [9.17, 15) is 19.7 Å². The van der Waals surface area contributed by atoms with Gasteiger partial charge in [-0.3, -0.25) is 14.9 Å². The molecule has 0 atom stereocenters. The molecule has 2 aromatic rings. The first-order chi connectivity index (χ1) is 12.8. The van der Waals surface area contributed by atoms with E-state index in [0.29, 0.717) is 17.2 Å². The van der Waals surface area contributed by atoms with Gasteiger partial charge in [-0.15, -0.1) is 0 Å². The molecule has 0 aliphatic heterocycles. The summed E-state index contributed by atoms with van der Waals surface area (Å²) in [4.78, 5) is 34.8. The van der Waals surface area contributed by atoms with Crippen molar-refractivity contribution < 1.29 is 19.2 Å². The minimum Gasteiger partial charge on any atom is -0.452 e. The van der Waals surface area contributed by atoms with E-state index in [1.807, 2.05) is 13.8 Å². The fraction of sp³-hybridized carbons (Fsp3) is 0.368. The van der Waals surface area contributed by atoms with Gasteiger partial charge in [0, 0.05) is 34.7 Å². The third kappa shape index (κ3) is 3.99. The molecule has 1 amide bonds. The van der Waals surface area contributed by atoms with E-state index in [-0.39, 0.29) is 11.4 Å². The van der Waals surface area contributed by atoms with Crippen LogP contribution >= 0.6 is 0 Å². The average molecular weight is 371 g/mol. The molecule has 1 heterocycles. The molecule has 1 saturated carbocycles. The van der Waals surface area contributed by atoms with E-state index in [1.54, 1.807) is 25.1 Å². The highest BCUT2D eigenvalue weighted by Gasteiger charge is 2.28. The predicted molar refractivity (Wildman–Crippen MR) is 98.9 cm³/mol. The van der Waals surface area contributed by atoms with Gasteiger partial charge in [0.15, 0.2) is 6.61 Å². The molecule has 0 radical (unpaired) electrons. The number of aryl methyl sites for hydroxylation is 2. The fourth-order valence-electron chi connectivity index (χ4n) is 3.17. The first kappa shape index (κ1) is 18.6. The quantitative estimate of drug-likeness (QED) is 0.476. The van der Waals surface area contributed by atoms with Crippen molar-refractivity contribution in [2.24, 2.45) is 0 Å². The van der Waals surface area contributed by atoms with Gasteiger partial charge in [-0.05, 0) is 45.7 Å². The number of aromatic nitrogens is 1. The summed E-state index contributed by atoms with van der Waals surface area (Å²) >= 11 is 0. The van der Waals surface area contributed by atoms with E-state index in [0.717, 1.165) is 24.2 Å². The Morgan fingerprint density at radius 3 is 2.59 bits per heavy atom. The van der Waals surface area contributed by atoms with Crippen LogP contribution in [-0.4, -0.2) is 28.0 Å². The number of anilines is 1. The van der Waals surface area contributed by atoms with Crippen LogP contribution < -0.4 is 5.32 Å². The Hall–Kier alpha value is -3.16. The summed E-state index contributed by atoms with van der Waals surface area (Å²) in [6.45, 7) is 4.96. The number of benzene rings is 1. The van der Waals surface area contributed by atoms with Gasteiger partial charge >= 0.3 is 5.97 Å². The Balaban J connectivity index is 1.61. The third-order valence-electron chi connectivity index (χ3n) is 4.64. The normalized spacial score (nSPS) is 13.3. The second-order valence-corrected chi connectivity index (χ2v) is 6.77. The fourth-order valence-corrected chi connectivity index (χ4v) is 3.17. The number of nitro groups is 1. The zero-order valence-corrected chi connectivity index (χ0v) is 15.4. The van der Waals surface area contributed by atoms with Crippen molar-refractivity contribution in [1.29, 1.82) is 0 Å². The van der Waals surface area contributed by atoms with Crippen LogP contribution in [0, 0.1) is 30.9 Å². The molecular formula is C19H21N3O5. The van der Waals surface area contributed by atoms with Crippen molar-refractivity contribution in [2.75, 3.05) is 11.9 Å². The molecule has 0 unspecified atom stereocenters. The Kier molecular flexibility index (Phi) is 4.98. The monoisotopic (exact) mass is 371 g/mol. The molecular weight excluding hydrogens is 350 g/mol. The first-order valence-electron chi connectivity index (χ1n) is 8.68. The number of hydrogen-bond donors (Lipinski definition) is 1. The van der Waals surface area contributed by atoms with E-state index in [1.165, 1.54) is 6.07 Å². The summed E-state index contributed by atoms with van der Waals surface area (Å²) < 4.78 is 7.24. The molecule has 8 heteroatoms. The number of ether oxygens (including phenoxy) is 1. The zero-order valence-electron chi connectivity index (χ0n) is 15.4. The van der Waals surface area contributed by atoms with Crippen molar-refractivity contribution in [3.05, 3.63) is 56.9 Å². The first-order valence-corrected chi connectivity index (χ1v) is 8.68. The minimum atomic E-state index is -0.558. The summed E-state index contributed by atoms with van der Waals surface area (Å²) in [5.74, 6) is -1.11. The van der Waals surface area contributed by atoms with Crippen LogP contribution in [0.5, 0.6) is 0 Å². The number of esters is 1. The molecule has 27 heavy (non-hydrogen) atoms. The molecule has 8 nitrogen and oxygen atoms in total. The number of rotatable bonds is 6. The molecule has 1 fully saturated rings. The maximum absolute atomic E-state index is 12.3. The standard InChI is InChI=1S/C19H21N3O5/c1-11-4-5-14(9-17(11)22(25)26)20-18(23)10-27-19(24)16-8-12(2)21(13(16)3)15-6-7-15/h4-5,8-9,15H,6-7,10H2,1-3H3,(H,20,23). The van der Waals surface area contributed by atoms with Crippen LogP contribution in [0.15, 0.2) is 24.3 Å². The number of nitro benzene ring substituents is 1. The topological polar surface area (TPSA) is 103 Å². The van der Waals surface area contributed by atoms with Crippen LogP contribution in [0.4, 0.5) is 11.4 Å². The maximum atomic E-state index is 12.3.